The first kappa shape index (κ1) is 22.6. The second-order valence-electron chi connectivity index (χ2n) is 7.42. The number of carbonyl (C=O) groups is 1. The van der Waals surface area contributed by atoms with E-state index in [9.17, 15) is 9.18 Å². The largest absolute Gasteiger partial charge is 0.497 e. The Morgan fingerprint density at radius 1 is 1.03 bits per heavy atom. The summed E-state index contributed by atoms with van der Waals surface area (Å²) in [5.41, 5.74) is 1.77. The molecule has 0 atom stereocenters. The number of thiophene rings is 1. The third-order valence-corrected chi connectivity index (χ3v) is 6.22. The van der Waals surface area contributed by atoms with Crippen molar-refractivity contribution in [3.05, 3.63) is 84.2 Å². The molecule has 168 valence electrons. The average molecular weight is 462 g/mol. The SMILES string of the molecule is CCCNC(=O)/C=C/c1ccc(Oc2c(-c3ccc(F)cc3)sc3cc(OC)ccc23)cc1. The molecule has 0 aliphatic rings. The van der Waals surface area contributed by atoms with Gasteiger partial charge in [-0.25, -0.2) is 4.39 Å². The summed E-state index contributed by atoms with van der Waals surface area (Å²) in [6.07, 6.45) is 4.19. The minimum atomic E-state index is -0.281. The maximum absolute atomic E-state index is 13.5. The van der Waals surface area contributed by atoms with Crippen molar-refractivity contribution < 1.29 is 18.7 Å². The van der Waals surface area contributed by atoms with Gasteiger partial charge in [-0.15, -0.1) is 11.3 Å². The van der Waals surface area contributed by atoms with Crippen molar-refractivity contribution in [3.63, 3.8) is 0 Å². The van der Waals surface area contributed by atoms with Gasteiger partial charge in [0, 0.05) is 22.7 Å². The van der Waals surface area contributed by atoms with Crippen LogP contribution in [0.5, 0.6) is 17.2 Å². The minimum Gasteiger partial charge on any atom is -0.497 e. The minimum absolute atomic E-state index is 0.110. The first-order valence-electron chi connectivity index (χ1n) is 10.7. The van der Waals surface area contributed by atoms with E-state index in [-0.39, 0.29) is 11.7 Å². The molecule has 0 saturated carbocycles. The van der Waals surface area contributed by atoms with Crippen LogP contribution in [0.2, 0.25) is 0 Å². The Hall–Kier alpha value is -3.64. The molecule has 4 nitrogen and oxygen atoms in total. The molecule has 0 unspecified atom stereocenters. The number of halogens is 1. The lowest BCUT2D eigenvalue weighted by atomic mass is 10.1. The van der Waals surface area contributed by atoms with Crippen LogP contribution in [0.1, 0.15) is 18.9 Å². The fourth-order valence-electron chi connectivity index (χ4n) is 3.32. The topological polar surface area (TPSA) is 47.6 Å². The highest BCUT2D eigenvalue weighted by Crippen LogP contribution is 2.47. The smallest absolute Gasteiger partial charge is 0.243 e. The van der Waals surface area contributed by atoms with Gasteiger partial charge in [0.15, 0.2) is 5.75 Å². The number of fused-ring (bicyclic) bond motifs is 1. The molecule has 1 amide bonds. The molecule has 1 N–H and O–H groups in total. The summed E-state index contributed by atoms with van der Waals surface area (Å²) in [5, 5.41) is 3.77. The highest BCUT2D eigenvalue weighted by atomic mass is 32.1. The van der Waals surface area contributed by atoms with Crippen molar-refractivity contribution in [2.24, 2.45) is 0 Å². The third kappa shape index (κ3) is 5.41. The number of nitrogens with one attached hydrogen (secondary N) is 1. The Bertz CT molecular complexity index is 1280. The van der Waals surface area contributed by atoms with E-state index in [1.54, 1.807) is 36.7 Å². The van der Waals surface area contributed by atoms with Crippen LogP contribution in [0, 0.1) is 5.82 Å². The molecular formula is C27H24FNO3S. The fraction of sp³-hybridized carbons (Fsp3) is 0.148. The van der Waals surface area contributed by atoms with E-state index < -0.39 is 0 Å². The standard InChI is InChI=1S/C27H24FNO3S/c1-3-16-29-25(30)15-6-18-4-11-21(12-5-18)32-26-23-14-13-22(31-2)17-24(23)33-27(26)19-7-9-20(28)10-8-19/h4-15,17H,3,16H2,1-2H3,(H,29,30)/b15-6+. The van der Waals surface area contributed by atoms with Crippen molar-refractivity contribution >= 4 is 33.4 Å². The highest BCUT2D eigenvalue weighted by molar-refractivity contribution is 7.22. The zero-order chi connectivity index (χ0) is 23.2. The van der Waals surface area contributed by atoms with Crippen LogP contribution < -0.4 is 14.8 Å². The van der Waals surface area contributed by atoms with Crippen molar-refractivity contribution in [2.45, 2.75) is 13.3 Å². The summed E-state index contributed by atoms with van der Waals surface area (Å²) in [5.74, 6) is 1.75. The molecule has 33 heavy (non-hydrogen) atoms. The molecule has 3 aromatic carbocycles. The molecule has 0 bridgehead atoms. The molecule has 0 aliphatic carbocycles. The lowest BCUT2D eigenvalue weighted by Crippen LogP contribution is -2.21. The van der Waals surface area contributed by atoms with E-state index in [1.807, 2.05) is 49.4 Å². The van der Waals surface area contributed by atoms with Crippen LogP contribution in [-0.4, -0.2) is 19.6 Å². The summed E-state index contributed by atoms with van der Waals surface area (Å²) >= 11 is 1.57. The first-order chi connectivity index (χ1) is 16.1. The monoisotopic (exact) mass is 461 g/mol. The summed E-state index contributed by atoms with van der Waals surface area (Å²) < 4.78 is 26.2. The molecule has 6 heteroatoms. The number of rotatable bonds is 8. The number of amides is 1. The quantitative estimate of drug-likeness (QED) is 0.286. The van der Waals surface area contributed by atoms with Crippen molar-refractivity contribution in [3.8, 4) is 27.7 Å². The Morgan fingerprint density at radius 2 is 1.76 bits per heavy atom. The second kappa shape index (κ2) is 10.3. The lowest BCUT2D eigenvalue weighted by molar-refractivity contribution is -0.116. The average Bonchev–Trinajstić information content (AvgIpc) is 3.20. The van der Waals surface area contributed by atoms with Crippen LogP contribution in [-0.2, 0) is 4.79 Å². The fourth-order valence-corrected chi connectivity index (χ4v) is 4.48. The van der Waals surface area contributed by atoms with Gasteiger partial charge in [0.25, 0.3) is 0 Å². The van der Waals surface area contributed by atoms with Gasteiger partial charge in [-0.05, 0) is 66.1 Å². The summed E-state index contributed by atoms with van der Waals surface area (Å²) in [7, 11) is 1.64. The van der Waals surface area contributed by atoms with Gasteiger partial charge >= 0.3 is 0 Å². The van der Waals surface area contributed by atoms with Crippen LogP contribution in [0.15, 0.2) is 72.8 Å². The maximum atomic E-state index is 13.5. The first-order valence-corrected chi connectivity index (χ1v) is 11.5. The molecule has 0 spiro atoms. The zero-order valence-electron chi connectivity index (χ0n) is 18.4. The number of carbonyl (C=O) groups excluding carboxylic acids is 1. The summed E-state index contributed by atoms with van der Waals surface area (Å²) in [4.78, 5) is 12.7. The summed E-state index contributed by atoms with van der Waals surface area (Å²) in [6, 6.07) is 19.8. The predicted molar refractivity (Wildman–Crippen MR) is 133 cm³/mol. The normalized spacial score (nSPS) is 11.1. The van der Waals surface area contributed by atoms with Crippen LogP contribution in [0.4, 0.5) is 4.39 Å². The second-order valence-corrected chi connectivity index (χ2v) is 8.48. The van der Waals surface area contributed by atoms with E-state index in [0.717, 1.165) is 38.3 Å². The van der Waals surface area contributed by atoms with Gasteiger partial charge in [0.1, 0.15) is 17.3 Å². The third-order valence-electron chi connectivity index (χ3n) is 5.03. The Kier molecular flexibility index (Phi) is 7.05. The molecule has 0 aliphatic heterocycles. The van der Waals surface area contributed by atoms with E-state index in [4.69, 9.17) is 9.47 Å². The van der Waals surface area contributed by atoms with Crippen molar-refractivity contribution in [1.29, 1.82) is 0 Å². The number of methoxy groups -OCH3 is 1. The molecule has 0 saturated heterocycles. The molecular weight excluding hydrogens is 437 g/mol. The molecule has 1 heterocycles. The molecule has 4 rings (SSSR count). The van der Waals surface area contributed by atoms with Gasteiger partial charge in [0.05, 0.1) is 12.0 Å². The van der Waals surface area contributed by atoms with Gasteiger partial charge in [0.2, 0.25) is 5.91 Å². The molecule has 1 aromatic heterocycles. The summed E-state index contributed by atoms with van der Waals surface area (Å²) in [6.45, 7) is 2.67. The van der Waals surface area contributed by atoms with E-state index in [2.05, 4.69) is 5.32 Å². The molecule has 4 aromatic rings. The van der Waals surface area contributed by atoms with Gasteiger partial charge in [-0.2, -0.15) is 0 Å². The molecule has 0 fully saturated rings. The van der Waals surface area contributed by atoms with Gasteiger partial charge < -0.3 is 14.8 Å². The number of benzene rings is 3. The van der Waals surface area contributed by atoms with Gasteiger partial charge in [-0.3, -0.25) is 4.79 Å². The van der Waals surface area contributed by atoms with E-state index in [0.29, 0.717) is 18.0 Å². The number of ether oxygens (including phenoxy) is 2. The van der Waals surface area contributed by atoms with Crippen LogP contribution in [0.3, 0.4) is 0 Å². The predicted octanol–water partition coefficient (Wildman–Crippen LogP) is 7.05. The van der Waals surface area contributed by atoms with Crippen molar-refractivity contribution in [1.82, 2.24) is 5.32 Å². The Balaban J connectivity index is 1.63. The lowest BCUT2D eigenvalue weighted by Gasteiger charge is -2.09. The van der Waals surface area contributed by atoms with E-state index >= 15 is 0 Å². The maximum Gasteiger partial charge on any atom is 0.243 e. The Morgan fingerprint density at radius 3 is 2.45 bits per heavy atom. The number of hydrogen-bond donors (Lipinski definition) is 1. The van der Waals surface area contributed by atoms with E-state index in [1.165, 1.54) is 18.2 Å². The molecule has 0 radical (unpaired) electrons. The van der Waals surface area contributed by atoms with Gasteiger partial charge in [-0.1, -0.05) is 31.2 Å². The van der Waals surface area contributed by atoms with Crippen LogP contribution >= 0.6 is 11.3 Å². The van der Waals surface area contributed by atoms with Crippen LogP contribution in [0.25, 0.3) is 26.6 Å². The highest BCUT2D eigenvalue weighted by Gasteiger charge is 2.17. The Labute approximate surface area is 196 Å². The van der Waals surface area contributed by atoms with Crippen molar-refractivity contribution in [2.75, 3.05) is 13.7 Å². The zero-order valence-corrected chi connectivity index (χ0v) is 19.2. The number of hydrogen-bond acceptors (Lipinski definition) is 4.